The number of carboxylic acid groups (broad SMARTS) is 2. The van der Waals surface area contributed by atoms with Gasteiger partial charge in [0.15, 0.2) is 9.84 Å². The minimum Gasteiger partial charge on any atom is -0.478 e. The number of carbonyl (C=O) groups is 2. The third kappa shape index (κ3) is 3.73. The molecule has 0 radical (unpaired) electrons. The van der Waals surface area contributed by atoms with Crippen LogP contribution in [0.25, 0.3) is 0 Å². The fourth-order valence-electron chi connectivity index (χ4n) is 1.93. The molecule has 2 N–H and O–H groups in total. The van der Waals surface area contributed by atoms with Crippen LogP contribution in [0.3, 0.4) is 0 Å². The Bertz CT molecular complexity index is 817. The molecule has 0 spiro atoms. The van der Waals surface area contributed by atoms with Crippen LogP contribution in [0.15, 0.2) is 40.8 Å². The smallest absolute Gasteiger partial charge is 0.371 e. The molecule has 8 heteroatoms. The lowest BCUT2D eigenvalue weighted by atomic mass is 10.1. The van der Waals surface area contributed by atoms with E-state index in [9.17, 15) is 18.0 Å². The van der Waals surface area contributed by atoms with Crippen LogP contribution in [0, 0.1) is 0 Å². The fraction of sp³-hybridized carbons (Fsp3) is 0.143. The van der Waals surface area contributed by atoms with Crippen LogP contribution in [0.1, 0.15) is 32.2 Å². The lowest BCUT2D eigenvalue weighted by Gasteiger charge is -2.06. The molecule has 0 fully saturated rings. The molecule has 7 nitrogen and oxygen atoms in total. The molecule has 0 aliphatic carbocycles. The van der Waals surface area contributed by atoms with Gasteiger partial charge in [-0.1, -0.05) is 18.2 Å². The van der Waals surface area contributed by atoms with Gasteiger partial charge in [-0.3, -0.25) is 0 Å². The van der Waals surface area contributed by atoms with Crippen molar-refractivity contribution in [1.82, 2.24) is 0 Å². The highest BCUT2D eigenvalue weighted by Crippen LogP contribution is 2.17. The van der Waals surface area contributed by atoms with Crippen molar-refractivity contribution in [3.05, 3.63) is 59.0 Å². The number of benzene rings is 1. The van der Waals surface area contributed by atoms with E-state index in [1.807, 2.05) is 0 Å². The summed E-state index contributed by atoms with van der Waals surface area (Å²) in [6.45, 7) is 0. The van der Waals surface area contributed by atoms with E-state index in [0.717, 1.165) is 0 Å². The van der Waals surface area contributed by atoms with Crippen LogP contribution in [-0.2, 0) is 21.3 Å². The Morgan fingerprint density at radius 1 is 0.955 bits per heavy atom. The Balaban J connectivity index is 2.21. The van der Waals surface area contributed by atoms with Crippen LogP contribution in [-0.4, -0.2) is 30.6 Å². The van der Waals surface area contributed by atoms with Crippen LogP contribution in [0.2, 0.25) is 0 Å². The molecular formula is C14H12O7S. The van der Waals surface area contributed by atoms with E-state index < -0.39 is 33.3 Å². The molecule has 0 aliphatic heterocycles. The first-order valence-corrected chi connectivity index (χ1v) is 7.94. The summed E-state index contributed by atoms with van der Waals surface area (Å²) in [5, 5.41) is 17.8. The number of hydrogen-bond donors (Lipinski definition) is 2. The van der Waals surface area contributed by atoms with Crippen molar-refractivity contribution in [3.63, 3.8) is 0 Å². The van der Waals surface area contributed by atoms with Gasteiger partial charge in [0.1, 0.15) is 11.5 Å². The Kier molecular flexibility index (Phi) is 4.32. The molecule has 1 aromatic heterocycles. The maximum atomic E-state index is 12.1. The summed E-state index contributed by atoms with van der Waals surface area (Å²) in [6.07, 6.45) is 0. The summed E-state index contributed by atoms with van der Waals surface area (Å²) < 4.78 is 29.1. The van der Waals surface area contributed by atoms with Crippen molar-refractivity contribution in [2.24, 2.45) is 0 Å². The second-order valence-electron chi connectivity index (χ2n) is 4.57. The summed E-state index contributed by atoms with van der Waals surface area (Å²) in [5.74, 6) is -3.84. The zero-order valence-electron chi connectivity index (χ0n) is 11.2. The molecule has 0 atom stereocenters. The van der Waals surface area contributed by atoms with E-state index in [-0.39, 0.29) is 22.6 Å². The minimum atomic E-state index is -3.71. The molecule has 2 aromatic rings. The molecule has 0 bridgehead atoms. The van der Waals surface area contributed by atoms with Crippen LogP contribution >= 0.6 is 0 Å². The number of furan rings is 1. The fourth-order valence-corrected chi connectivity index (χ4v) is 3.35. The Hall–Kier alpha value is -2.61. The van der Waals surface area contributed by atoms with Gasteiger partial charge in [0.25, 0.3) is 0 Å². The van der Waals surface area contributed by atoms with Crippen LogP contribution in [0.4, 0.5) is 0 Å². The first-order valence-electron chi connectivity index (χ1n) is 6.12. The highest BCUT2D eigenvalue weighted by atomic mass is 32.2. The molecule has 0 aliphatic rings. The molecule has 116 valence electrons. The predicted molar refractivity (Wildman–Crippen MR) is 75.4 cm³/mol. The van der Waals surface area contributed by atoms with E-state index in [2.05, 4.69) is 0 Å². The standard InChI is InChI=1S/C14H12O7S/c15-13(16)11-4-2-1-3-9(11)7-22(19,20)8-10-5-6-12(21-10)14(17)18/h1-6H,7-8H2,(H,15,16)(H,17,18). The molecule has 0 amide bonds. The van der Waals surface area contributed by atoms with Crippen molar-refractivity contribution in [3.8, 4) is 0 Å². The quantitative estimate of drug-likeness (QED) is 0.830. The second kappa shape index (κ2) is 6.02. The molecule has 1 heterocycles. The van der Waals surface area contributed by atoms with E-state index in [4.69, 9.17) is 14.6 Å². The number of hydrogen-bond acceptors (Lipinski definition) is 5. The van der Waals surface area contributed by atoms with Crippen molar-refractivity contribution in [2.45, 2.75) is 11.5 Å². The lowest BCUT2D eigenvalue weighted by Crippen LogP contribution is -2.11. The largest absolute Gasteiger partial charge is 0.478 e. The molecule has 0 saturated carbocycles. The van der Waals surface area contributed by atoms with E-state index >= 15 is 0 Å². The summed E-state index contributed by atoms with van der Waals surface area (Å²) in [7, 11) is -3.71. The van der Waals surface area contributed by atoms with Crippen molar-refractivity contribution < 1.29 is 32.6 Å². The normalized spacial score (nSPS) is 11.3. The highest BCUT2D eigenvalue weighted by molar-refractivity contribution is 7.89. The van der Waals surface area contributed by atoms with Crippen molar-refractivity contribution >= 4 is 21.8 Å². The zero-order chi connectivity index (χ0) is 16.3. The highest BCUT2D eigenvalue weighted by Gasteiger charge is 2.20. The Morgan fingerprint density at radius 3 is 2.23 bits per heavy atom. The zero-order valence-corrected chi connectivity index (χ0v) is 12.0. The van der Waals surface area contributed by atoms with Gasteiger partial charge >= 0.3 is 11.9 Å². The maximum absolute atomic E-state index is 12.1. The van der Waals surface area contributed by atoms with Gasteiger partial charge in [0.2, 0.25) is 5.76 Å². The molecule has 1 aromatic carbocycles. The van der Waals surface area contributed by atoms with Gasteiger partial charge in [0.05, 0.1) is 11.3 Å². The average Bonchev–Trinajstić information content (AvgIpc) is 2.86. The Morgan fingerprint density at radius 2 is 1.64 bits per heavy atom. The molecule has 22 heavy (non-hydrogen) atoms. The van der Waals surface area contributed by atoms with E-state index in [1.54, 1.807) is 6.07 Å². The predicted octanol–water partition coefficient (Wildman–Crippen LogP) is 1.79. The van der Waals surface area contributed by atoms with Crippen molar-refractivity contribution in [2.75, 3.05) is 0 Å². The Labute approximate surface area is 125 Å². The number of sulfone groups is 1. The topological polar surface area (TPSA) is 122 Å². The first-order chi connectivity index (χ1) is 10.3. The summed E-state index contributed by atoms with van der Waals surface area (Å²) in [6, 6.07) is 8.23. The maximum Gasteiger partial charge on any atom is 0.371 e. The van der Waals surface area contributed by atoms with Gasteiger partial charge in [0, 0.05) is 0 Å². The number of carboxylic acids is 2. The molecule has 0 saturated heterocycles. The van der Waals surface area contributed by atoms with Gasteiger partial charge in [-0.15, -0.1) is 0 Å². The first kappa shape index (κ1) is 15.8. The molecule has 2 rings (SSSR count). The summed E-state index contributed by atoms with van der Waals surface area (Å²) >= 11 is 0. The number of aromatic carboxylic acids is 2. The third-order valence-corrected chi connectivity index (χ3v) is 4.33. The van der Waals surface area contributed by atoms with Gasteiger partial charge in [-0.2, -0.15) is 0 Å². The van der Waals surface area contributed by atoms with Crippen LogP contribution in [0.5, 0.6) is 0 Å². The minimum absolute atomic E-state index is 0.00907. The van der Waals surface area contributed by atoms with Gasteiger partial charge < -0.3 is 14.6 Å². The van der Waals surface area contributed by atoms with E-state index in [0.29, 0.717) is 0 Å². The number of rotatable bonds is 6. The molecular weight excluding hydrogens is 312 g/mol. The average molecular weight is 324 g/mol. The summed E-state index contributed by atoms with van der Waals surface area (Å²) in [5.41, 5.74) is 0.0803. The van der Waals surface area contributed by atoms with Crippen molar-refractivity contribution in [1.29, 1.82) is 0 Å². The monoisotopic (exact) mass is 324 g/mol. The van der Waals surface area contributed by atoms with Crippen LogP contribution < -0.4 is 0 Å². The van der Waals surface area contributed by atoms with Gasteiger partial charge in [-0.05, 0) is 23.8 Å². The lowest BCUT2D eigenvalue weighted by molar-refractivity contribution is 0.0658. The second-order valence-corrected chi connectivity index (χ2v) is 6.63. The van der Waals surface area contributed by atoms with Gasteiger partial charge in [-0.25, -0.2) is 18.0 Å². The molecule has 0 unspecified atom stereocenters. The third-order valence-electron chi connectivity index (χ3n) is 2.86. The summed E-state index contributed by atoms with van der Waals surface area (Å²) in [4.78, 5) is 21.7. The van der Waals surface area contributed by atoms with E-state index in [1.165, 1.54) is 30.3 Å². The SMILES string of the molecule is O=C(O)c1ccc(CS(=O)(=O)Cc2ccccc2C(=O)O)o1.